The van der Waals surface area contributed by atoms with Crippen molar-refractivity contribution in [1.29, 1.82) is 0 Å². The molecule has 20 heavy (non-hydrogen) atoms. The minimum atomic E-state index is -3.55. The van der Waals surface area contributed by atoms with Crippen LogP contribution >= 0.6 is 39.1 Å². The monoisotopic (exact) mass is 400 g/mol. The van der Waals surface area contributed by atoms with Crippen molar-refractivity contribution in [2.45, 2.75) is 11.8 Å². The lowest BCUT2D eigenvalue weighted by molar-refractivity contribution is 0.196. The molecule has 0 saturated carbocycles. The van der Waals surface area contributed by atoms with Gasteiger partial charge < -0.3 is 4.90 Å². The Labute approximate surface area is 137 Å². The van der Waals surface area contributed by atoms with Crippen molar-refractivity contribution in [3.8, 4) is 0 Å². The molecule has 112 valence electrons. The van der Waals surface area contributed by atoms with Gasteiger partial charge in [-0.15, -0.1) is 0 Å². The molecule has 0 aliphatic carbocycles. The summed E-state index contributed by atoms with van der Waals surface area (Å²) < 4.78 is 27.2. The molecule has 0 spiro atoms. The van der Waals surface area contributed by atoms with Gasteiger partial charge in [0.15, 0.2) is 0 Å². The molecule has 1 aromatic carbocycles. The van der Waals surface area contributed by atoms with E-state index >= 15 is 0 Å². The second kappa shape index (κ2) is 6.50. The number of piperazine rings is 1. The van der Waals surface area contributed by atoms with Crippen molar-refractivity contribution in [2.75, 3.05) is 32.7 Å². The summed E-state index contributed by atoms with van der Waals surface area (Å²) in [5.74, 6) is 0. The summed E-state index contributed by atoms with van der Waals surface area (Å²) in [6, 6.07) is 2.91. The fourth-order valence-corrected chi connectivity index (χ4v) is 5.10. The minimum Gasteiger partial charge on any atom is -0.301 e. The van der Waals surface area contributed by atoms with Crippen LogP contribution in [-0.2, 0) is 10.0 Å². The predicted molar refractivity (Wildman–Crippen MR) is 85.0 cm³/mol. The fourth-order valence-electron chi connectivity index (χ4n) is 2.13. The van der Waals surface area contributed by atoms with Crippen LogP contribution < -0.4 is 0 Å². The highest BCUT2D eigenvalue weighted by Crippen LogP contribution is 2.33. The van der Waals surface area contributed by atoms with Gasteiger partial charge in [-0.3, -0.25) is 0 Å². The summed E-state index contributed by atoms with van der Waals surface area (Å²) in [7, 11) is -3.55. The normalized spacial score (nSPS) is 18.4. The van der Waals surface area contributed by atoms with Crippen LogP contribution in [0.1, 0.15) is 6.92 Å². The lowest BCUT2D eigenvalue weighted by atomic mass is 10.4. The summed E-state index contributed by atoms with van der Waals surface area (Å²) in [5.41, 5.74) is 0. The lowest BCUT2D eigenvalue weighted by Gasteiger charge is -2.33. The molecule has 0 atom stereocenters. The Morgan fingerprint density at radius 1 is 1.15 bits per heavy atom. The van der Waals surface area contributed by atoms with Gasteiger partial charge in [0.2, 0.25) is 10.0 Å². The molecule has 0 bridgehead atoms. The largest absolute Gasteiger partial charge is 0.301 e. The van der Waals surface area contributed by atoms with Crippen molar-refractivity contribution < 1.29 is 8.42 Å². The van der Waals surface area contributed by atoms with Gasteiger partial charge >= 0.3 is 0 Å². The minimum absolute atomic E-state index is 0.164. The Morgan fingerprint density at radius 2 is 1.70 bits per heavy atom. The Balaban J connectivity index is 2.30. The maximum Gasteiger partial charge on any atom is 0.244 e. The molecule has 2 rings (SSSR count). The predicted octanol–water partition coefficient (Wildman–Crippen LogP) is 3.08. The summed E-state index contributed by atoms with van der Waals surface area (Å²) in [6.45, 7) is 5.47. The summed E-state index contributed by atoms with van der Waals surface area (Å²) in [6.07, 6.45) is 0. The molecule has 0 unspecified atom stereocenters. The molecule has 1 aliphatic rings. The molecule has 1 heterocycles. The Hall–Kier alpha value is 0.150. The molecule has 1 fully saturated rings. The van der Waals surface area contributed by atoms with Crippen LogP contribution in [0.4, 0.5) is 0 Å². The molecule has 0 N–H and O–H groups in total. The number of halogens is 3. The number of benzene rings is 1. The Morgan fingerprint density at radius 3 is 2.25 bits per heavy atom. The molecular weight excluding hydrogens is 387 g/mol. The van der Waals surface area contributed by atoms with E-state index in [-0.39, 0.29) is 9.92 Å². The number of likely N-dealkylation sites (N-methyl/N-ethyl adjacent to an activating group) is 1. The van der Waals surface area contributed by atoms with Gasteiger partial charge in [-0.05, 0) is 34.6 Å². The standard InChI is InChI=1S/C12H15BrCl2N2O2S/c1-2-16-3-5-17(6-4-16)20(18,19)12-8-11(15)10(14)7-9(12)13/h7-8H,2-6H2,1H3. The second-order valence-corrected chi connectivity index (χ2v) is 8.11. The third-order valence-electron chi connectivity index (χ3n) is 3.37. The van der Waals surface area contributed by atoms with Crippen LogP contribution in [0.25, 0.3) is 0 Å². The maximum atomic E-state index is 12.6. The zero-order valence-electron chi connectivity index (χ0n) is 10.9. The van der Waals surface area contributed by atoms with Gasteiger partial charge in [0.05, 0.1) is 14.9 Å². The van der Waals surface area contributed by atoms with Crippen LogP contribution in [0.3, 0.4) is 0 Å². The zero-order valence-corrected chi connectivity index (χ0v) is 14.9. The van der Waals surface area contributed by atoms with Gasteiger partial charge in [-0.1, -0.05) is 30.1 Å². The molecule has 0 radical (unpaired) electrons. The van der Waals surface area contributed by atoms with Crippen LogP contribution in [0.5, 0.6) is 0 Å². The van der Waals surface area contributed by atoms with Crippen molar-refractivity contribution in [3.05, 3.63) is 26.7 Å². The average Bonchev–Trinajstić information content (AvgIpc) is 2.42. The topological polar surface area (TPSA) is 40.6 Å². The Kier molecular flexibility index (Phi) is 5.37. The molecule has 1 saturated heterocycles. The molecule has 8 heteroatoms. The van der Waals surface area contributed by atoms with Gasteiger partial charge in [-0.2, -0.15) is 4.31 Å². The third kappa shape index (κ3) is 3.31. The van der Waals surface area contributed by atoms with E-state index in [9.17, 15) is 8.42 Å². The van der Waals surface area contributed by atoms with Gasteiger partial charge in [0, 0.05) is 30.7 Å². The maximum absolute atomic E-state index is 12.6. The number of hydrogen-bond donors (Lipinski definition) is 0. The van der Waals surface area contributed by atoms with Crippen LogP contribution in [0, 0.1) is 0 Å². The first-order chi connectivity index (χ1) is 9.36. The summed E-state index contributed by atoms with van der Waals surface area (Å²) in [4.78, 5) is 2.38. The van der Waals surface area contributed by atoms with Crippen LogP contribution in [-0.4, -0.2) is 50.3 Å². The molecule has 1 aromatic rings. The molecule has 0 aromatic heterocycles. The molecule has 4 nitrogen and oxygen atoms in total. The third-order valence-corrected chi connectivity index (χ3v) is 6.95. The first kappa shape index (κ1) is 16.5. The highest BCUT2D eigenvalue weighted by molar-refractivity contribution is 9.10. The smallest absolute Gasteiger partial charge is 0.244 e. The van der Waals surface area contributed by atoms with E-state index < -0.39 is 10.0 Å². The SMILES string of the molecule is CCN1CCN(S(=O)(=O)c2cc(Cl)c(Cl)cc2Br)CC1. The van der Waals surface area contributed by atoms with E-state index in [4.69, 9.17) is 23.2 Å². The number of hydrogen-bond acceptors (Lipinski definition) is 3. The van der Waals surface area contributed by atoms with Crippen molar-refractivity contribution in [1.82, 2.24) is 9.21 Å². The summed E-state index contributed by atoms with van der Waals surface area (Å²) in [5, 5.41) is 0.564. The molecule has 0 amide bonds. The van der Waals surface area contributed by atoms with Crippen molar-refractivity contribution in [3.63, 3.8) is 0 Å². The number of rotatable bonds is 3. The first-order valence-electron chi connectivity index (χ1n) is 6.23. The summed E-state index contributed by atoms with van der Waals surface area (Å²) >= 11 is 15.1. The second-order valence-electron chi connectivity index (χ2n) is 4.54. The molecule has 1 aliphatic heterocycles. The van der Waals surface area contributed by atoms with E-state index in [1.54, 1.807) is 0 Å². The van der Waals surface area contributed by atoms with E-state index in [2.05, 4.69) is 27.8 Å². The lowest BCUT2D eigenvalue weighted by Crippen LogP contribution is -2.48. The van der Waals surface area contributed by atoms with E-state index in [1.165, 1.54) is 16.4 Å². The quantitative estimate of drug-likeness (QED) is 0.730. The van der Waals surface area contributed by atoms with Crippen LogP contribution in [0.2, 0.25) is 10.0 Å². The zero-order chi connectivity index (χ0) is 14.9. The van der Waals surface area contributed by atoms with Gasteiger partial charge in [0.1, 0.15) is 0 Å². The van der Waals surface area contributed by atoms with E-state index in [1.807, 2.05) is 0 Å². The first-order valence-corrected chi connectivity index (χ1v) is 9.22. The molecular formula is C12H15BrCl2N2O2S. The van der Waals surface area contributed by atoms with Crippen molar-refractivity contribution >= 4 is 49.2 Å². The highest BCUT2D eigenvalue weighted by atomic mass is 79.9. The van der Waals surface area contributed by atoms with E-state index in [0.717, 1.165) is 19.6 Å². The van der Waals surface area contributed by atoms with Gasteiger partial charge in [-0.25, -0.2) is 8.42 Å². The average molecular weight is 402 g/mol. The van der Waals surface area contributed by atoms with E-state index in [0.29, 0.717) is 22.6 Å². The van der Waals surface area contributed by atoms with Gasteiger partial charge in [0.25, 0.3) is 0 Å². The Bertz CT molecular complexity index is 602. The fraction of sp³-hybridized carbons (Fsp3) is 0.500. The van der Waals surface area contributed by atoms with Crippen LogP contribution in [0.15, 0.2) is 21.5 Å². The number of nitrogens with zero attached hydrogens (tertiary/aromatic N) is 2. The number of sulfonamides is 1. The highest BCUT2D eigenvalue weighted by Gasteiger charge is 2.30. The van der Waals surface area contributed by atoms with Crippen molar-refractivity contribution in [2.24, 2.45) is 0 Å².